The Labute approximate surface area is 88.5 Å². The first-order valence-electron chi connectivity index (χ1n) is 5.53. The molecule has 0 heterocycles. The molecule has 0 amide bonds. The zero-order valence-electron chi connectivity index (χ0n) is 9.96. The molecule has 1 unspecified atom stereocenters. The van der Waals surface area contributed by atoms with Gasteiger partial charge in [-0.15, -0.1) is 0 Å². The lowest BCUT2D eigenvalue weighted by Crippen LogP contribution is -2.17. The molecule has 0 aromatic rings. The van der Waals surface area contributed by atoms with Crippen molar-refractivity contribution in [3.05, 3.63) is 24.3 Å². The first-order valence-corrected chi connectivity index (χ1v) is 5.53. The molecule has 14 heavy (non-hydrogen) atoms. The predicted molar refractivity (Wildman–Crippen MR) is 63.3 cm³/mol. The Morgan fingerprint density at radius 3 is 2.36 bits per heavy atom. The van der Waals surface area contributed by atoms with E-state index in [4.69, 9.17) is 0 Å². The topological polar surface area (TPSA) is 20.2 Å². The Morgan fingerprint density at radius 2 is 1.86 bits per heavy atom. The molecular formula is C13H24O. The van der Waals surface area contributed by atoms with Gasteiger partial charge in [0.15, 0.2) is 0 Å². The molecule has 0 spiro atoms. The molecule has 0 saturated heterocycles. The van der Waals surface area contributed by atoms with Crippen molar-refractivity contribution in [3.63, 3.8) is 0 Å². The second-order valence-corrected chi connectivity index (χ2v) is 4.51. The minimum atomic E-state index is -0.313. The van der Waals surface area contributed by atoms with Gasteiger partial charge in [-0.3, -0.25) is 0 Å². The second-order valence-electron chi connectivity index (χ2n) is 4.51. The van der Waals surface area contributed by atoms with E-state index in [9.17, 15) is 5.11 Å². The molecule has 1 N–H and O–H groups in total. The smallest absolute Gasteiger partial charge is 0.0729 e. The molecule has 0 radical (unpaired) electrons. The SMILES string of the molecule is CCC=CC=CC(O)CC(C)(C)CC. The molecule has 0 aromatic carbocycles. The number of allylic oxidation sites excluding steroid dienone is 3. The molecular weight excluding hydrogens is 172 g/mol. The first kappa shape index (κ1) is 13.4. The van der Waals surface area contributed by atoms with Gasteiger partial charge < -0.3 is 5.11 Å². The molecule has 82 valence electrons. The van der Waals surface area contributed by atoms with E-state index in [1.54, 1.807) is 0 Å². The maximum absolute atomic E-state index is 9.69. The van der Waals surface area contributed by atoms with Crippen LogP contribution >= 0.6 is 0 Å². The summed E-state index contributed by atoms with van der Waals surface area (Å²) in [6.07, 6.45) is 10.5. The zero-order valence-corrected chi connectivity index (χ0v) is 9.96. The highest BCUT2D eigenvalue weighted by molar-refractivity contribution is 5.04. The Hall–Kier alpha value is -0.560. The van der Waals surface area contributed by atoms with Gasteiger partial charge in [-0.05, 0) is 18.3 Å². The molecule has 0 aliphatic heterocycles. The quantitative estimate of drug-likeness (QED) is 0.642. The lowest BCUT2D eigenvalue weighted by atomic mass is 9.84. The van der Waals surface area contributed by atoms with Crippen LogP contribution in [0, 0.1) is 5.41 Å². The number of aliphatic hydroxyl groups excluding tert-OH is 1. The summed E-state index contributed by atoms with van der Waals surface area (Å²) in [4.78, 5) is 0. The average molecular weight is 196 g/mol. The number of hydrogen-bond donors (Lipinski definition) is 1. The van der Waals surface area contributed by atoms with Gasteiger partial charge in [0.1, 0.15) is 0 Å². The number of aliphatic hydroxyl groups is 1. The molecule has 0 aromatic heterocycles. The number of hydrogen-bond acceptors (Lipinski definition) is 1. The van der Waals surface area contributed by atoms with Gasteiger partial charge in [-0.25, -0.2) is 0 Å². The summed E-state index contributed by atoms with van der Waals surface area (Å²) in [5.41, 5.74) is 0.234. The molecule has 0 aliphatic rings. The minimum Gasteiger partial charge on any atom is -0.389 e. The maximum Gasteiger partial charge on any atom is 0.0729 e. The standard InChI is InChI=1S/C13H24O/c1-5-7-8-9-10-12(14)11-13(3,4)6-2/h7-10,12,14H,5-6,11H2,1-4H3. The summed E-state index contributed by atoms with van der Waals surface area (Å²) in [6.45, 7) is 8.63. The lowest BCUT2D eigenvalue weighted by Gasteiger charge is -2.24. The summed E-state index contributed by atoms with van der Waals surface area (Å²) in [5.74, 6) is 0. The fourth-order valence-corrected chi connectivity index (χ4v) is 1.19. The van der Waals surface area contributed by atoms with Crippen molar-refractivity contribution >= 4 is 0 Å². The fraction of sp³-hybridized carbons (Fsp3) is 0.692. The normalized spacial score (nSPS) is 15.5. The van der Waals surface area contributed by atoms with Gasteiger partial charge in [0, 0.05) is 0 Å². The highest BCUT2D eigenvalue weighted by Gasteiger charge is 2.18. The molecule has 0 fully saturated rings. The molecule has 1 heteroatoms. The first-order chi connectivity index (χ1) is 6.52. The van der Waals surface area contributed by atoms with Crippen LogP contribution in [-0.2, 0) is 0 Å². The largest absolute Gasteiger partial charge is 0.389 e. The van der Waals surface area contributed by atoms with Crippen LogP contribution in [0.3, 0.4) is 0 Å². The average Bonchev–Trinajstić information content (AvgIpc) is 2.12. The van der Waals surface area contributed by atoms with E-state index in [1.807, 2.05) is 18.2 Å². The van der Waals surface area contributed by atoms with Crippen LogP contribution in [0.5, 0.6) is 0 Å². The van der Waals surface area contributed by atoms with Crippen molar-refractivity contribution in [1.82, 2.24) is 0 Å². The zero-order chi connectivity index (χ0) is 11.0. The van der Waals surface area contributed by atoms with Gasteiger partial charge >= 0.3 is 0 Å². The Kier molecular flexibility index (Phi) is 6.56. The summed E-state index contributed by atoms with van der Waals surface area (Å²) in [5, 5.41) is 9.69. The monoisotopic (exact) mass is 196 g/mol. The highest BCUT2D eigenvalue weighted by Crippen LogP contribution is 2.26. The predicted octanol–water partition coefficient (Wildman–Crippen LogP) is 3.70. The third-order valence-corrected chi connectivity index (χ3v) is 2.53. The minimum absolute atomic E-state index is 0.234. The van der Waals surface area contributed by atoms with Crippen LogP contribution in [0.1, 0.15) is 47.0 Å². The summed E-state index contributed by atoms with van der Waals surface area (Å²) in [6, 6.07) is 0. The van der Waals surface area contributed by atoms with E-state index in [-0.39, 0.29) is 11.5 Å². The van der Waals surface area contributed by atoms with Crippen molar-refractivity contribution in [2.45, 2.75) is 53.1 Å². The lowest BCUT2D eigenvalue weighted by molar-refractivity contribution is 0.149. The van der Waals surface area contributed by atoms with E-state index >= 15 is 0 Å². The van der Waals surface area contributed by atoms with Crippen molar-refractivity contribution < 1.29 is 5.11 Å². The highest BCUT2D eigenvalue weighted by atomic mass is 16.3. The molecule has 0 aliphatic carbocycles. The second kappa shape index (κ2) is 6.83. The van der Waals surface area contributed by atoms with Crippen LogP contribution in [0.4, 0.5) is 0 Å². The van der Waals surface area contributed by atoms with Crippen LogP contribution in [-0.4, -0.2) is 11.2 Å². The molecule has 1 nitrogen and oxygen atoms in total. The van der Waals surface area contributed by atoms with Gasteiger partial charge in [0.05, 0.1) is 6.10 Å². The van der Waals surface area contributed by atoms with Crippen LogP contribution in [0.2, 0.25) is 0 Å². The van der Waals surface area contributed by atoms with Gasteiger partial charge in [-0.1, -0.05) is 58.4 Å². The molecule has 1 atom stereocenters. The van der Waals surface area contributed by atoms with Crippen molar-refractivity contribution in [1.29, 1.82) is 0 Å². The maximum atomic E-state index is 9.69. The van der Waals surface area contributed by atoms with Crippen molar-refractivity contribution in [3.8, 4) is 0 Å². The van der Waals surface area contributed by atoms with Crippen molar-refractivity contribution in [2.24, 2.45) is 5.41 Å². The van der Waals surface area contributed by atoms with Gasteiger partial charge in [-0.2, -0.15) is 0 Å². The summed E-state index contributed by atoms with van der Waals surface area (Å²) in [7, 11) is 0. The summed E-state index contributed by atoms with van der Waals surface area (Å²) < 4.78 is 0. The van der Waals surface area contributed by atoms with E-state index in [2.05, 4.69) is 33.8 Å². The molecule has 0 rings (SSSR count). The number of rotatable bonds is 6. The van der Waals surface area contributed by atoms with E-state index in [0.717, 1.165) is 19.3 Å². The van der Waals surface area contributed by atoms with Gasteiger partial charge in [0.2, 0.25) is 0 Å². The Balaban J connectivity index is 3.91. The Bertz CT molecular complexity index is 189. The Morgan fingerprint density at radius 1 is 1.21 bits per heavy atom. The van der Waals surface area contributed by atoms with E-state index < -0.39 is 0 Å². The van der Waals surface area contributed by atoms with E-state index in [1.165, 1.54) is 0 Å². The van der Waals surface area contributed by atoms with Crippen molar-refractivity contribution in [2.75, 3.05) is 0 Å². The van der Waals surface area contributed by atoms with Crippen LogP contribution in [0.15, 0.2) is 24.3 Å². The fourth-order valence-electron chi connectivity index (χ4n) is 1.19. The third-order valence-electron chi connectivity index (χ3n) is 2.53. The van der Waals surface area contributed by atoms with Crippen LogP contribution < -0.4 is 0 Å². The van der Waals surface area contributed by atoms with Gasteiger partial charge in [0.25, 0.3) is 0 Å². The molecule has 0 bridgehead atoms. The van der Waals surface area contributed by atoms with Crippen LogP contribution in [0.25, 0.3) is 0 Å². The summed E-state index contributed by atoms with van der Waals surface area (Å²) >= 11 is 0. The molecule has 0 saturated carbocycles. The third kappa shape index (κ3) is 6.90. The van der Waals surface area contributed by atoms with E-state index in [0.29, 0.717) is 0 Å².